The van der Waals surface area contributed by atoms with Crippen molar-refractivity contribution >= 4 is 29.3 Å². The second-order valence-corrected chi connectivity index (χ2v) is 8.40. The fourth-order valence-electron chi connectivity index (χ4n) is 2.78. The normalized spacial score (nSPS) is 15.6. The molecule has 2 aromatic rings. The lowest BCUT2D eigenvalue weighted by Crippen LogP contribution is -2.41. The first kappa shape index (κ1) is 19.3. The van der Waals surface area contributed by atoms with Crippen LogP contribution in [0.1, 0.15) is 60.9 Å². The SMILES string of the molecule is Cc1nc(NC(=O)c2csc(C3CCN(C(=O)OC(C)(C)C)CC3)n2)n[nH]1. The zero-order valence-electron chi connectivity index (χ0n) is 15.9. The number of carbonyl (C=O) groups excluding carboxylic acids is 2. The van der Waals surface area contributed by atoms with Crippen molar-refractivity contribution < 1.29 is 14.3 Å². The molecule has 1 aliphatic rings. The summed E-state index contributed by atoms with van der Waals surface area (Å²) in [5.41, 5.74) is -0.139. The third kappa shape index (κ3) is 5.03. The Labute approximate surface area is 161 Å². The predicted octanol–water partition coefficient (Wildman–Crippen LogP) is 2.94. The molecule has 1 fully saturated rings. The summed E-state index contributed by atoms with van der Waals surface area (Å²) in [6.07, 6.45) is 1.32. The van der Waals surface area contributed by atoms with Crippen LogP contribution in [-0.2, 0) is 4.74 Å². The van der Waals surface area contributed by atoms with E-state index >= 15 is 0 Å². The highest BCUT2D eigenvalue weighted by Crippen LogP contribution is 2.31. The van der Waals surface area contributed by atoms with E-state index in [1.807, 2.05) is 20.8 Å². The summed E-state index contributed by atoms with van der Waals surface area (Å²) in [7, 11) is 0. The number of amides is 2. The Bertz CT molecular complexity index is 817. The molecule has 0 unspecified atom stereocenters. The molecule has 10 heteroatoms. The maximum atomic E-state index is 12.3. The average Bonchev–Trinajstić information content (AvgIpc) is 3.23. The lowest BCUT2D eigenvalue weighted by molar-refractivity contribution is 0.0205. The summed E-state index contributed by atoms with van der Waals surface area (Å²) < 4.78 is 5.42. The number of hydrogen-bond acceptors (Lipinski definition) is 7. The molecular formula is C17H24N6O3S. The Morgan fingerprint density at radius 3 is 2.59 bits per heavy atom. The van der Waals surface area contributed by atoms with Crippen molar-refractivity contribution in [3.05, 3.63) is 21.9 Å². The third-order valence-corrected chi connectivity index (χ3v) is 5.08. The van der Waals surface area contributed by atoms with E-state index in [2.05, 4.69) is 25.5 Å². The fraction of sp³-hybridized carbons (Fsp3) is 0.588. The highest BCUT2D eigenvalue weighted by atomic mass is 32.1. The average molecular weight is 392 g/mol. The number of piperidine rings is 1. The summed E-state index contributed by atoms with van der Waals surface area (Å²) in [5.74, 6) is 0.766. The molecule has 0 aromatic carbocycles. The molecule has 0 bridgehead atoms. The smallest absolute Gasteiger partial charge is 0.410 e. The van der Waals surface area contributed by atoms with Gasteiger partial charge in [-0.3, -0.25) is 15.2 Å². The number of aromatic nitrogens is 4. The number of aryl methyl sites for hydroxylation is 1. The maximum Gasteiger partial charge on any atom is 0.410 e. The first-order valence-electron chi connectivity index (χ1n) is 8.85. The van der Waals surface area contributed by atoms with Crippen LogP contribution in [0.25, 0.3) is 0 Å². The van der Waals surface area contributed by atoms with Crippen LogP contribution in [0.4, 0.5) is 10.7 Å². The van der Waals surface area contributed by atoms with Crippen LogP contribution in [0, 0.1) is 6.92 Å². The monoisotopic (exact) mass is 392 g/mol. The quantitative estimate of drug-likeness (QED) is 0.830. The number of carbonyl (C=O) groups is 2. The minimum atomic E-state index is -0.493. The molecule has 27 heavy (non-hydrogen) atoms. The van der Waals surface area contributed by atoms with Crippen molar-refractivity contribution in [1.29, 1.82) is 0 Å². The highest BCUT2D eigenvalue weighted by molar-refractivity contribution is 7.09. The number of hydrogen-bond donors (Lipinski definition) is 2. The van der Waals surface area contributed by atoms with Gasteiger partial charge in [0.05, 0.1) is 5.01 Å². The second kappa shape index (κ2) is 7.63. The van der Waals surface area contributed by atoms with E-state index in [9.17, 15) is 9.59 Å². The lowest BCUT2D eigenvalue weighted by Gasteiger charge is -2.32. The van der Waals surface area contributed by atoms with Crippen LogP contribution in [0.15, 0.2) is 5.38 Å². The molecule has 3 heterocycles. The van der Waals surface area contributed by atoms with Crippen LogP contribution in [0.2, 0.25) is 0 Å². The predicted molar refractivity (Wildman–Crippen MR) is 101 cm³/mol. The van der Waals surface area contributed by atoms with E-state index < -0.39 is 5.60 Å². The Hall–Kier alpha value is -2.49. The van der Waals surface area contributed by atoms with E-state index in [1.54, 1.807) is 17.2 Å². The fourth-order valence-corrected chi connectivity index (χ4v) is 3.75. The molecule has 0 radical (unpaired) electrons. The second-order valence-electron chi connectivity index (χ2n) is 7.51. The summed E-state index contributed by atoms with van der Waals surface area (Å²) in [6.45, 7) is 8.58. The molecule has 0 spiro atoms. The first-order chi connectivity index (χ1) is 12.7. The topological polar surface area (TPSA) is 113 Å². The summed E-state index contributed by atoms with van der Waals surface area (Å²) in [6, 6.07) is 0. The van der Waals surface area contributed by atoms with Gasteiger partial charge in [-0.1, -0.05) is 0 Å². The van der Waals surface area contributed by atoms with Gasteiger partial charge < -0.3 is 9.64 Å². The lowest BCUT2D eigenvalue weighted by atomic mass is 9.98. The molecule has 146 valence electrons. The van der Waals surface area contributed by atoms with Gasteiger partial charge in [0.2, 0.25) is 5.95 Å². The number of aromatic amines is 1. The van der Waals surface area contributed by atoms with Crippen LogP contribution in [0.5, 0.6) is 0 Å². The molecule has 2 amide bonds. The number of H-pyrrole nitrogens is 1. The molecule has 0 atom stereocenters. The Balaban J connectivity index is 1.55. The van der Waals surface area contributed by atoms with Crippen molar-refractivity contribution in [2.75, 3.05) is 18.4 Å². The van der Waals surface area contributed by atoms with E-state index in [4.69, 9.17) is 4.74 Å². The molecule has 2 N–H and O–H groups in total. The van der Waals surface area contributed by atoms with Gasteiger partial charge in [0.1, 0.15) is 17.1 Å². The molecular weight excluding hydrogens is 368 g/mol. The van der Waals surface area contributed by atoms with Gasteiger partial charge in [-0.05, 0) is 40.5 Å². The minimum Gasteiger partial charge on any atom is -0.444 e. The van der Waals surface area contributed by atoms with E-state index in [-0.39, 0.29) is 23.9 Å². The standard InChI is InChI=1S/C17H24N6O3S/c1-10-18-15(22-21-10)20-13(24)12-9-27-14(19-12)11-5-7-23(8-6-11)16(25)26-17(2,3)4/h9,11H,5-8H2,1-4H3,(H2,18,20,21,22,24). The molecule has 9 nitrogen and oxygen atoms in total. The van der Waals surface area contributed by atoms with Crippen LogP contribution >= 0.6 is 11.3 Å². The molecule has 1 saturated heterocycles. The number of nitrogens with one attached hydrogen (secondary N) is 2. The third-order valence-electron chi connectivity index (χ3n) is 4.07. The number of ether oxygens (including phenoxy) is 1. The molecule has 0 saturated carbocycles. The molecule has 2 aromatic heterocycles. The van der Waals surface area contributed by atoms with Gasteiger partial charge in [0.25, 0.3) is 5.91 Å². The van der Waals surface area contributed by atoms with Crippen molar-refractivity contribution in [2.45, 2.75) is 52.1 Å². The van der Waals surface area contributed by atoms with Gasteiger partial charge in [0.15, 0.2) is 0 Å². The Kier molecular flexibility index (Phi) is 5.45. The van der Waals surface area contributed by atoms with Crippen molar-refractivity contribution in [1.82, 2.24) is 25.1 Å². The van der Waals surface area contributed by atoms with Gasteiger partial charge in [-0.2, -0.15) is 4.98 Å². The van der Waals surface area contributed by atoms with Crippen molar-refractivity contribution in [3.63, 3.8) is 0 Å². The number of thiazole rings is 1. The maximum absolute atomic E-state index is 12.3. The summed E-state index contributed by atoms with van der Waals surface area (Å²) in [4.78, 5) is 34.7. The van der Waals surface area contributed by atoms with Gasteiger partial charge in [0, 0.05) is 24.4 Å². The zero-order chi connectivity index (χ0) is 19.6. The largest absolute Gasteiger partial charge is 0.444 e. The van der Waals surface area contributed by atoms with Crippen LogP contribution < -0.4 is 5.32 Å². The van der Waals surface area contributed by atoms with E-state index in [1.165, 1.54) is 11.3 Å². The first-order valence-corrected chi connectivity index (χ1v) is 9.73. The van der Waals surface area contributed by atoms with Gasteiger partial charge in [-0.15, -0.1) is 16.4 Å². The molecule has 0 aliphatic carbocycles. The Morgan fingerprint density at radius 2 is 2.00 bits per heavy atom. The van der Waals surface area contributed by atoms with E-state index in [0.29, 0.717) is 24.6 Å². The zero-order valence-corrected chi connectivity index (χ0v) is 16.7. The number of likely N-dealkylation sites (tertiary alicyclic amines) is 1. The molecule has 1 aliphatic heterocycles. The minimum absolute atomic E-state index is 0.234. The summed E-state index contributed by atoms with van der Waals surface area (Å²) in [5, 5.41) is 11.8. The highest BCUT2D eigenvalue weighted by Gasteiger charge is 2.29. The summed E-state index contributed by atoms with van der Waals surface area (Å²) >= 11 is 1.46. The van der Waals surface area contributed by atoms with Crippen molar-refractivity contribution in [3.8, 4) is 0 Å². The number of nitrogens with zero attached hydrogens (tertiary/aromatic N) is 4. The van der Waals surface area contributed by atoms with Gasteiger partial charge >= 0.3 is 6.09 Å². The van der Waals surface area contributed by atoms with Crippen molar-refractivity contribution in [2.24, 2.45) is 0 Å². The Morgan fingerprint density at radius 1 is 1.30 bits per heavy atom. The number of rotatable bonds is 3. The number of anilines is 1. The van der Waals surface area contributed by atoms with Crippen LogP contribution in [0.3, 0.4) is 0 Å². The van der Waals surface area contributed by atoms with E-state index in [0.717, 1.165) is 17.8 Å². The molecule has 3 rings (SSSR count). The van der Waals surface area contributed by atoms with Crippen LogP contribution in [-0.4, -0.2) is 55.8 Å². The van der Waals surface area contributed by atoms with Gasteiger partial charge in [-0.25, -0.2) is 9.78 Å².